The summed E-state index contributed by atoms with van der Waals surface area (Å²) in [5, 5.41) is 14.6. The maximum absolute atomic E-state index is 11.8. The van der Waals surface area contributed by atoms with Gasteiger partial charge in [0.2, 0.25) is 5.91 Å². The van der Waals surface area contributed by atoms with Gasteiger partial charge >= 0.3 is 0 Å². The van der Waals surface area contributed by atoms with Crippen LogP contribution in [0.5, 0.6) is 0 Å². The largest absolute Gasteiger partial charge is 0.315 e. The average molecular weight is 274 g/mol. The van der Waals surface area contributed by atoms with E-state index in [0.717, 1.165) is 19.5 Å². The van der Waals surface area contributed by atoms with E-state index in [4.69, 9.17) is 0 Å². The van der Waals surface area contributed by atoms with Crippen molar-refractivity contribution in [3.05, 3.63) is 30.7 Å². The third-order valence-electron chi connectivity index (χ3n) is 3.41. The Morgan fingerprint density at radius 1 is 1.50 bits per heavy atom. The minimum Gasteiger partial charge on any atom is -0.315 e. The van der Waals surface area contributed by atoms with Gasteiger partial charge in [-0.3, -0.25) is 14.2 Å². The Balaban J connectivity index is 1.50. The predicted molar refractivity (Wildman–Crippen MR) is 74.2 cm³/mol. The van der Waals surface area contributed by atoms with Gasteiger partial charge in [0.1, 0.15) is 0 Å². The quantitative estimate of drug-likeness (QED) is 0.839. The van der Waals surface area contributed by atoms with Crippen molar-refractivity contribution in [1.29, 1.82) is 0 Å². The van der Waals surface area contributed by atoms with Gasteiger partial charge < -0.3 is 10.6 Å². The molecule has 1 atom stereocenters. The molecule has 0 saturated carbocycles. The van der Waals surface area contributed by atoms with Gasteiger partial charge in [-0.25, -0.2) is 0 Å². The zero-order valence-electron chi connectivity index (χ0n) is 11.2. The van der Waals surface area contributed by atoms with Crippen LogP contribution in [0, 0.1) is 0 Å². The van der Waals surface area contributed by atoms with Crippen LogP contribution >= 0.6 is 0 Å². The number of anilines is 1. The smallest absolute Gasteiger partial charge is 0.227 e. The third kappa shape index (κ3) is 3.05. The number of carbonyl (C=O) groups excluding carboxylic acids is 1. The molecule has 20 heavy (non-hydrogen) atoms. The second-order valence-corrected chi connectivity index (χ2v) is 4.89. The van der Waals surface area contributed by atoms with Gasteiger partial charge in [0.15, 0.2) is 5.82 Å². The summed E-state index contributed by atoms with van der Waals surface area (Å²) in [5.41, 5.74) is 0. The van der Waals surface area contributed by atoms with E-state index in [-0.39, 0.29) is 5.91 Å². The molecule has 7 nitrogen and oxygen atoms in total. The molecule has 0 bridgehead atoms. The summed E-state index contributed by atoms with van der Waals surface area (Å²) in [4.78, 5) is 11.8. The molecule has 1 fully saturated rings. The molecular formula is C13H18N6O. The van der Waals surface area contributed by atoms with E-state index < -0.39 is 0 Å². The predicted octanol–water partition coefficient (Wildman–Crippen LogP) is 0.643. The van der Waals surface area contributed by atoms with Crippen LogP contribution in [0.25, 0.3) is 0 Å². The number of amides is 1. The highest BCUT2D eigenvalue weighted by molar-refractivity contribution is 5.89. The Hall–Kier alpha value is -2.15. The molecule has 2 N–H and O–H groups in total. The van der Waals surface area contributed by atoms with E-state index >= 15 is 0 Å². The lowest BCUT2D eigenvalue weighted by Crippen LogP contribution is -2.16. The molecule has 3 rings (SSSR count). The normalized spacial score (nSPS) is 18.3. The molecular weight excluding hydrogens is 256 g/mol. The van der Waals surface area contributed by atoms with E-state index in [2.05, 4.69) is 20.8 Å². The van der Waals surface area contributed by atoms with Gasteiger partial charge in [-0.2, -0.15) is 10.2 Å². The molecule has 1 unspecified atom stereocenters. The topological polar surface area (TPSA) is 76.8 Å². The fraction of sp³-hybridized carbons (Fsp3) is 0.462. The first-order valence-corrected chi connectivity index (χ1v) is 6.84. The maximum atomic E-state index is 11.8. The number of carbonyl (C=O) groups is 1. The molecule has 106 valence electrons. The SMILES string of the molecule is O=C(CCn1cccn1)Nc1ccn(C2CCNC2)n1. The number of hydrogen-bond donors (Lipinski definition) is 2. The van der Waals surface area contributed by atoms with Crippen LogP contribution in [0.3, 0.4) is 0 Å². The van der Waals surface area contributed by atoms with E-state index in [1.54, 1.807) is 10.9 Å². The Bertz CT molecular complexity index is 555. The molecule has 1 saturated heterocycles. The van der Waals surface area contributed by atoms with Crippen molar-refractivity contribution in [2.75, 3.05) is 18.4 Å². The van der Waals surface area contributed by atoms with E-state index in [1.807, 2.05) is 29.2 Å². The van der Waals surface area contributed by atoms with Crippen LogP contribution in [0.2, 0.25) is 0 Å². The first kappa shape index (κ1) is 12.9. The summed E-state index contributed by atoms with van der Waals surface area (Å²) in [7, 11) is 0. The van der Waals surface area contributed by atoms with Crippen molar-refractivity contribution in [3.8, 4) is 0 Å². The molecule has 3 heterocycles. The van der Waals surface area contributed by atoms with E-state index in [1.165, 1.54) is 0 Å². The summed E-state index contributed by atoms with van der Waals surface area (Å²) in [6, 6.07) is 4.07. The zero-order valence-corrected chi connectivity index (χ0v) is 11.2. The van der Waals surface area contributed by atoms with Crippen LogP contribution in [-0.2, 0) is 11.3 Å². The number of nitrogens with one attached hydrogen (secondary N) is 2. The monoisotopic (exact) mass is 274 g/mol. The highest BCUT2D eigenvalue weighted by Gasteiger charge is 2.17. The minimum atomic E-state index is -0.0460. The highest BCUT2D eigenvalue weighted by Crippen LogP contribution is 2.15. The summed E-state index contributed by atoms with van der Waals surface area (Å²) >= 11 is 0. The fourth-order valence-corrected chi connectivity index (χ4v) is 2.33. The van der Waals surface area contributed by atoms with Gasteiger partial charge in [-0.1, -0.05) is 0 Å². The molecule has 0 spiro atoms. The lowest BCUT2D eigenvalue weighted by Gasteiger charge is -2.08. The molecule has 0 aromatic carbocycles. The van der Waals surface area contributed by atoms with Gasteiger partial charge in [0.25, 0.3) is 0 Å². The third-order valence-corrected chi connectivity index (χ3v) is 3.41. The van der Waals surface area contributed by atoms with Crippen molar-refractivity contribution >= 4 is 11.7 Å². The van der Waals surface area contributed by atoms with Crippen LogP contribution in [0.1, 0.15) is 18.9 Å². The number of hydrogen-bond acceptors (Lipinski definition) is 4. The summed E-state index contributed by atoms with van der Waals surface area (Å²) in [6.07, 6.45) is 6.93. The van der Waals surface area contributed by atoms with Gasteiger partial charge in [0, 0.05) is 44.2 Å². The van der Waals surface area contributed by atoms with Crippen LogP contribution in [0.4, 0.5) is 5.82 Å². The Morgan fingerprint density at radius 3 is 3.20 bits per heavy atom. The second-order valence-electron chi connectivity index (χ2n) is 4.89. The molecule has 7 heteroatoms. The number of rotatable bonds is 5. The molecule has 2 aromatic rings. The molecule has 2 aromatic heterocycles. The van der Waals surface area contributed by atoms with Crippen molar-refractivity contribution in [3.63, 3.8) is 0 Å². The molecule has 0 radical (unpaired) electrons. The molecule has 1 aliphatic heterocycles. The van der Waals surface area contributed by atoms with Crippen molar-refractivity contribution in [2.45, 2.75) is 25.4 Å². The molecule has 1 aliphatic rings. The Kier molecular flexibility index (Phi) is 3.78. The van der Waals surface area contributed by atoms with Crippen LogP contribution in [-0.4, -0.2) is 38.6 Å². The van der Waals surface area contributed by atoms with Crippen molar-refractivity contribution in [1.82, 2.24) is 24.9 Å². The first-order valence-electron chi connectivity index (χ1n) is 6.84. The lowest BCUT2D eigenvalue weighted by atomic mass is 10.3. The highest BCUT2D eigenvalue weighted by atomic mass is 16.1. The Labute approximate surface area is 117 Å². The number of aromatic nitrogens is 4. The van der Waals surface area contributed by atoms with Gasteiger partial charge in [0.05, 0.1) is 6.04 Å². The minimum absolute atomic E-state index is 0.0460. The van der Waals surface area contributed by atoms with Crippen molar-refractivity contribution < 1.29 is 4.79 Å². The molecule has 0 aliphatic carbocycles. The summed E-state index contributed by atoms with van der Waals surface area (Å²) < 4.78 is 3.66. The first-order chi connectivity index (χ1) is 9.81. The summed E-state index contributed by atoms with van der Waals surface area (Å²) in [5.74, 6) is 0.567. The Morgan fingerprint density at radius 2 is 2.45 bits per heavy atom. The standard InChI is InChI=1S/C13H18N6O/c20-13(4-8-18-7-1-5-15-18)16-12-3-9-19(17-12)11-2-6-14-10-11/h1,3,5,7,9,11,14H,2,4,6,8,10H2,(H,16,17,20). The van der Waals surface area contributed by atoms with Crippen molar-refractivity contribution in [2.24, 2.45) is 0 Å². The van der Waals surface area contributed by atoms with E-state index in [0.29, 0.717) is 24.8 Å². The lowest BCUT2D eigenvalue weighted by molar-refractivity contribution is -0.116. The number of aryl methyl sites for hydroxylation is 1. The zero-order chi connectivity index (χ0) is 13.8. The maximum Gasteiger partial charge on any atom is 0.227 e. The molecule has 1 amide bonds. The fourth-order valence-electron chi connectivity index (χ4n) is 2.33. The average Bonchev–Trinajstić information content (AvgIpc) is 3.18. The van der Waals surface area contributed by atoms with Gasteiger partial charge in [-0.05, 0) is 19.0 Å². The van der Waals surface area contributed by atoms with Gasteiger partial charge in [-0.15, -0.1) is 0 Å². The van der Waals surface area contributed by atoms with Crippen LogP contribution in [0.15, 0.2) is 30.7 Å². The second kappa shape index (κ2) is 5.87. The summed E-state index contributed by atoms with van der Waals surface area (Å²) in [6.45, 7) is 2.54. The number of nitrogens with zero attached hydrogens (tertiary/aromatic N) is 4. The van der Waals surface area contributed by atoms with E-state index in [9.17, 15) is 4.79 Å². The van der Waals surface area contributed by atoms with Crippen LogP contribution < -0.4 is 10.6 Å².